The van der Waals surface area contributed by atoms with Crippen molar-refractivity contribution in [2.75, 3.05) is 19.8 Å². The Labute approximate surface area is 157 Å². The van der Waals surface area contributed by atoms with E-state index in [1.54, 1.807) is 0 Å². The molecule has 0 fully saturated rings. The van der Waals surface area contributed by atoms with Crippen LogP contribution in [0, 0.1) is 0 Å². The minimum absolute atomic E-state index is 0.0283. The number of hydrogen-bond acceptors (Lipinski definition) is 6. The lowest BCUT2D eigenvalue weighted by Crippen LogP contribution is -2.22. The Kier molecular flexibility index (Phi) is 16.1. The number of ether oxygens (including phenoxy) is 2. The lowest BCUT2D eigenvalue weighted by molar-refractivity contribution is -0.149. The van der Waals surface area contributed by atoms with E-state index < -0.39 is 24.6 Å². The molecule has 26 heavy (non-hydrogen) atoms. The van der Waals surface area contributed by atoms with Gasteiger partial charge in [-0.2, -0.15) is 0 Å². The van der Waals surface area contributed by atoms with Gasteiger partial charge in [0.15, 0.2) is 0 Å². The van der Waals surface area contributed by atoms with E-state index in [4.69, 9.17) is 19.7 Å². The molecule has 0 saturated heterocycles. The summed E-state index contributed by atoms with van der Waals surface area (Å²) in [6.07, 6.45) is 10.7. The van der Waals surface area contributed by atoms with Crippen molar-refractivity contribution in [3.05, 3.63) is 12.2 Å². The summed E-state index contributed by atoms with van der Waals surface area (Å²) in [4.78, 5) is 23.2. The highest BCUT2D eigenvalue weighted by Gasteiger charge is 2.15. The number of aliphatic hydroxyl groups is 2. The molecule has 0 radical (unpaired) electrons. The summed E-state index contributed by atoms with van der Waals surface area (Å²) in [5.41, 5.74) is 0.0283. The molecular formula is C20H36O6. The number of unbranched alkanes of at least 4 members (excludes halogenated alkanes) is 9. The van der Waals surface area contributed by atoms with Gasteiger partial charge in [0.1, 0.15) is 12.7 Å². The van der Waals surface area contributed by atoms with Crippen molar-refractivity contribution in [3.63, 3.8) is 0 Å². The molecule has 152 valence electrons. The second-order valence-electron chi connectivity index (χ2n) is 6.62. The lowest BCUT2D eigenvalue weighted by Gasteiger charge is -2.09. The van der Waals surface area contributed by atoms with Gasteiger partial charge in [-0.3, -0.25) is 4.79 Å². The molecule has 0 aromatic carbocycles. The summed E-state index contributed by atoms with van der Waals surface area (Å²) in [6.45, 7) is 5.27. The number of carbonyl (C=O) groups is 2. The van der Waals surface area contributed by atoms with Crippen molar-refractivity contribution in [1.82, 2.24) is 0 Å². The molecule has 2 N–H and O–H groups in total. The van der Waals surface area contributed by atoms with Crippen LogP contribution in [-0.4, -0.2) is 48.1 Å². The average Bonchev–Trinajstić information content (AvgIpc) is 2.63. The van der Waals surface area contributed by atoms with Crippen LogP contribution in [0.1, 0.15) is 77.6 Å². The number of esters is 2. The first-order chi connectivity index (χ1) is 12.5. The van der Waals surface area contributed by atoms with Gasteiger partial charge in [0.25, 0.3) is 0 Å². The van der Waals surface area contributed by atoms with Crippen molar-refractivity contribution in [1.29, 1.82) is 0 Å². The molecule has 0 aromatic rings. The summed E-state index contributed by atoms with van der Waals surface area (Å²) in [5, 5.41) is 17.7. The predicted octanol–water partition coefficient (Wildman–Crippen LogP) is 3.29. The van der Waals surface area contributed by atoms with E-state index >= 15 is 0 Å². The molecular weight excluding hydrogens is 336 g/mol. The minimum Gasteiger partial charge on any atom is -0.463 e. The van der Waals surface area contributed by atoms with Crippen LogP contribution in [0.25, 0.3) is 0 Å². The van der Waals surface area contributed by atoms with Gasteiger partial charge in [0.05, 0.1) is 19.6 Å². The van der Waals surface area contributed by atoms with Crippen molar-refractivity contribution in [2.24, 2.45) is 0 Å². The first-order valence-corrected chi connectivity index (χ1v) is 9.80. The van der Waals surface area contributed by atoms with Crippen LogP contribution >= 0.6 is 0 Å². The molecule has 0 aromatic heterocycles. The maximum atomic E-state index is 11.7. The van der Waals surface area contributed by atoms with Gasteiger partial charge < -0.3 is 19.7 Å². The Bertz CT molecular complexity index is 394. The first-order valence-electron chi connectivity index (χ1n) is 9.80. The minimum atomic E-state index is -1.12. The Morgan fingerprint density at radius 1 is 0.923 bits per heavy atom. The molecule has 1 atom stereocenters. The van der Waals surface area contributed by atoms with Gasteiger partial charge in [0, 0.05) is 5.57 Å². The van der Waals surface area contributed by atoms with Gasteiger partial charge in [-0.25, -0.2) is 4.79 Å². The quantitative estimate of drug-likeness (QED) is 0.231. The predicted molar refractivity (Wildman–Crippen MR) is 101 cm³/mol. The van der Waals surface area contributed by atoms with Crippen LogP contribution in [0.3, 0.4) is 0 Å². The summed E-state index contributed by atoms with van der Waals surface area (Å²) >= 11 is 0. The number of rotatable bonds is 17. The van der Waals surface area contributed by atoms with Crippen LogP contribution in [0.5, 0.6) is 0 Å². The first kappa shape index (κ1) is 24.6. The standard InChI is InChI=1S/C20H36O6/c1-3-4-5-6-7-8-9-10-11-12-13-25-20(24)17(2)14-19(23)26-16-18(22)15-21/h18,21-22H,2-16H2,1H3/t18-/m0/s1. The van der Waals surface area contributed by atoms with Gasteiger partial charge in [-0.05, 0) is 6.42 Å². The van der Waals surface area contributed by atoms with E-state index in [1.165, 1.54) is 44.9 Å². The molecule has 0 saturated carbocycles. The molecule has 0 unspecified atom stereocenters. The fourth-order valence-electron chi connectivity index (χ4n) is 2.40. The number of aliphatic hydroxyl groups excluding tert-OH is 2. The van der Waals surface area contributed by atoms with Crippen LogP contribution in [0.15, 0.2) is 12.2 Å². The zero-order chi connectivity index (χ0) is 19.6. The molecule has 0 heterocycles. The summed E-state index contributed by atoms with van der Waals surface area (Å²) in [5.74, 6) is -1.28. The number of hydrogen-bond donors (Lipinski definition) is 2. The Morgan fingerprint density at radius 2 is 1.46 bits per heavy atom. The van der Waals surface area contributed by atoms with E-state index in [1.807, 2.05) is 0 Å². The molecule has 0 spiro atoms. The fraction of sp³-hybridized carbons (Fsp3) is 0.800. The second kappa shape index (κ2) is 17.0. The average molecular weight is 373 g/mol. The van der Waals surface area contributed by atoms with Crippen LogP contribution in [-0.2, 0) is 19.1 Å². The summed E-state index contributed by atoms with van der Waals surface area (Å²) in [6, 6.07) is 0. The smallest absolute Gasteiger partial charge is 0.333 e. The SMILES string of the molecule is C=C(CC(=O)OC[C@@H](O)CO)C(=O)OCCCCCCCCCCCC. The van der Waals surface area contributed by atoms with E-state index in [2.05, 4.69) is 13.5 Å². The highest BCUT2D eigenvalue weighted by molar-refractivity contribution is 5.93. The van der Waals surface area contributed by atoms with Crippen LogP contribution in [0.2, 0.25) is 0 Å². The zero-order valence-electron chi connectivity index (χ0n) is 16.2. The van der Waals surface area contributed by atoms with Gasteiger partial charge in [-0.15, -0.1) is 0 Å². The lowest BCUT2D eigenvalue weighted by atomic mass is 10.1. The van der Waals surface area contributed by atoms with Crippen molar-refractivity contribution in [2.45, 2.75) is 83.7 Å². The monoisotopic (exact) mass is 372 g/mol. The fourth-order valence-corrected chi connectivity index (χ4v) is 2.40. The maximum Gasteiger partial charge on any atom is 0.333 e. The van der Waals surface area contributed by atoms with E-state index in [-0.39, 0.29) is 18.6 Å². The molecule has 0 aliphatic carbocycles. The number of carbonyl (C=O) groups excluding carboxylic acids is 2. The molecule has 0 aliphatic heterocycles. The van der Waals surface area contributed by atoms with E-state index in [9.17, 15) is 9.59 Å². The molecule has 0 amide bonds. The Hall–Kier alpha value is -1.40. The topological polar surface area (TPSA) is 93.1 Å². The van der Waals surface area contributed by atoms with Gasteiger partial charge in [0.2, 0.25) is 0 Å². The van der Waals surface area contributed by atoms with Crippen LogP contribution < -0.4 is 0 Å². The molecule has 0 rings (SSSR count). The third kappa shape index (κ3) is 14.9. The zero-order valence-corrected chi connectivity index (χ0v) is 16.2. The molecule has 6 nitrogen and oxygen atoms in total. The van der Waals surface area contributed by atoms with Gasteiger partial charge >= 0.3 is 11.9 Å². The van der Waals surface area contributed by atoms with Crippen LogP contribution in [0.4, 0.5) is 0 Å². The normalized spacial score (nSPS) is 11.8. The maximum absolute atomic E-state index is 11.7. The van der Waals surface area contributed by atoms with Crippen molar-refractivity contribution in [3.8, 4) is 0 Å². The highest BCUT2D eigenvalue weighted by Crippen LogP contribution is 2.11. The van der Waals surface area contributed by atoms with Crippen molar-refractivity contribution >= 4 is 11.9 Å². The second-order valence-corrected chi connectivity index (χ2v) is 6.62. The van der Waals surface area contributed by atoms with E-state index in [0.717, 1.165) is 19.3 Å². The summed E-state index contributed by atoms with van der Waals surface area (Å²) < 4.78 is 9.80. The van der Waals surface area contributed by atoms with Crippen molar-refractivity contribution < 1.29 is 29.3 Å². The largest absolute Gasteiger partial charge is 0.463 e. The van der Waals surface area contributed by atoms with E-state index in [0.29, 0.717) is 6.61 Å². The highest BCUT2D eigenvalue weighted by atomic mass is 16.5. The molecule has 0 bridgehead atoms. The molecule has 6 heteroatoms. The van der Waals surface area contributed by atoms with Gasteiger partial charge in [-0.1, -0.05) is 71.3 Å². The summed E-state index contributed by atoms with van der Waals surface area (Å²) in [7, 11) is 0. The third-order valence-electron chi connectivity index (χ3n) is 4.02. The Morgan fingerprint density at radius 3 is 2.00 bits per heavy atom. The molecule has 0 aliphatic rings. The third-order valence-corrected chi connectivity index (χ3v) is 4.02. The Balaban J connectivity index is 3.55.